The average Bonchev–Trinajstić information content (AvgIpc) is 3.10. The van der Waals surface area contributed by atoms with E-state index in [0.29, 0.717) is 21.6 Å². The highest BCUT2D eigenvalue weighted by Crippen LogP contribution is 2.26. The average molecular weight is 344 g/mol. The van der Waals surface area contributed by atoms with Crippen LogP contribution in [0.4, 0.5) is 5.82 Å². The van der Waals surface area contributed by atoms with E-state index in [2.05, 4.69) is 9.71 Å². The summed E-state index contributed by atoms with van der Waals surface area (Å²) in [4.78, 5) is 6.26. The molecule has 0 aromatic carbocycles. The summed E-state index contributed by atoms with van der Waals surface area (Å²) in [6.45, 7) is 1.30. The molecule has 0 saturated carbocycles. The van der Waals surface area contributed by atoms with Gasteiger partial charge in [-0.25, -0.2) is 18.1 Å². The largest absolute Gasteiger partial charge is 0.354 e. The van der Waals surface area contributed by atoms with E-state index in [4.69, 9.17) is 11.6 Å². The van der Waals surface area contributed by atoms with Crippen LogP contribution in [-0.4, -0.2) is 32.5 Å². The minimum Gasteiger partial charge on any atom is -0.354 e. The Morgan fingerprint density at radius 2 is 2.24 bits per heavy atom. The van der Waals surface area contributed by atoms with E-state index in [-0.39, 0.29) is 6.04 Å². The van der Waals surface area contributed by atoms with Crippen LogP contribution in [0.5, 0.6) is 0 Å². The van der Waals surface area contributed by atoms with E-state index in [1.165, 1.54) is 11.3 Å². The normalized spacial score (nSPS) is 19.1. The predicted molar refractivity (Wildman–Crippen MR) is 84.5 cm³/mol. The van der Waals surface area contributed by atoms with Crippen molar-refractivity contribution in [1.29, 1.82) is 0 Å². The summed E-state index contributed by atoms with van der Waals surface area (Å²) in [6, 6.07) is 6.77. The Labute approximate surface area is 132 Å². The Hall–Kier alpha value is -1.15. The van der Waals surface area contributed by atoms with Crippen LogP contribution in [0.15, 0.2) is 40.1 Å². The lowest BCUT2D eigenvalue weighted by Gasteiger charge is -2.18. The van der Waals surface area contributed by atoms with Gasteiger partial charge < -0.3 is 4.90 Å². The first kappa shape index (κ1) is 14.8. The number of nitrogens with one attached hydrogen (secondary N) is 1. The maximum atomic E-state index is 12.2. The Bertz CT molecular complexity index is 719. The fourth-order valence-corrected chi connectivity index (χ4v) is 4.87. The molecule has 1 aliphatic heterocycles. The van der Waals surface area contributed by atoms with E-state index in [0.717, 1.165) is 13.0 Å². The smallest absolute Gasteiger partial charge is 0.250 e. The van der Waals surface area contributed by atoms with Gasteiger partial charge in [0.05, 0.1) is 5.02 Å². The second kappa shape index (κ2) is 5.92. The summed E-state index contributed by atoms with van der Waals surface area (Å²) in [5.41, 5.74) is 0. The monoisotopic (exact) mass is 343 g/mol. The van der Waals surface area contributed by atoms with Gasteiger partial charge in [0.2, 0.25) is 10.0 Å². The van der Waals surface area contributed by atoms with Crippen molar-refractivity contribution >= 4 is 38.8 Å². The highest BCUT2D eigenvalue weighted by molar-refractivity contribution is 7.91. The first-order chi connectivity index (χ1) is 10.1. The van der Waals surface area contributed by atoms with Gasteiger partial charge in [-0.1, -0.05) is 17.7 Å². The molecule has 3 rings (SSSR count). The lowest BCUT2D eigenvalue weighted by molar-refractivity contribution is 0.563. The molecule has 1 N–H and O–H groups in total. The molecule has 2 aromatic rings. The molecule has 112 valence electrons. The van der Waals surface area contributed by atoms with Crippen molar-refractivity contribution < 1.29 is 8.42 Å². The molecule has 5 nitrogen and oxygen atoms in total. The second-order valence-corrected chi connectivity index (χ2v) is 8.09. The van der Waals surface area contributed by atoms with E-state index in [1.807, 2.05) is 4.90 Å². The van der Waals surface area contributed by atoms with Gasteiger partial charge >= 0.3 is 0 Å². The second-order valence-electron chi connectivity index (χ2n) is 4.79. The fourth-order valence-electron chi connectivity index (χ4n) is 2.35. The number of pyridine rings is 1. The zero-order valence-corrected chi connectivity index (χ0v) is 13.5. The van der Waals surface area contributed by atoms with Gasteiger partial charge in [0, 0.05) is 25.3 Å². The lowest BCUT2D eigenvalue weighted by Crippen LogP contribution is -2.36. The van der Waals surface area contributed by atoms with Crippen LogP contribution >= 0.6 is 22.9 Å². The summed E-state index contributed by atoms with van der Waals surface area (Å²) in [6.07, 6.45) is 2.42. The number of halogens is 1. The third-order valence-electron chi connectivity index (χ3n) is 3.31. The van der Waals surface area contributed by atoms with Crippen molar-refractivity contribution in [3.05, 3.63) is 40.9 Å². The fraction of sp³-hybridized carbons (Fsp3) is 0.308. The van der Waals surface area contributed by atoms with Gasteiger partial charge in [-0.3, -0.25) is 0 Å². The van der Waals surface area contributed by atoms with Crippen LogP contribution in [0.2, 0.25) is 5.02 Å². The Morgan fingerprint density at radius 3 is 2.95 bits per heavy atom. The number of rotatable bonds is 4. The molecule has 1 fully saturated rings. The highest BCUT2D eigenvalue weighted by atomic mass is 35.5. The molecule has 0 radical (unpaired) electrons. The molecule has 1 saturated heterocycles. The van der Waals surface area contributed by atoms with Gasteiger partial charge in [0.15, 0.2) is 0 Å². The Morgan fingerprint density at radius 1 is 1.38 bits per heavy atom. The van der Waals surface area contributed by atoms with E-state index in [9.17, 15) is 8.42 Å². The lowest BCUT2D eigenvalue weighted by atomic mass is 10.3. The summed E-state index contributed by atoms with van der Waals surface area (Å²) >= 11 is 7.34. The van der Waals surface area contributed by atoms with Crippen molar-refractivity contribution in [1.82, 2.24) is 9.71 Å². The van der Waals surface area contributed by atoms with Crippen LogP contribution in [0.25, 0.3) is 0 Å². The number of sulfonamides is 1. The number of anilines is 1. The van der Waals surface area contributed by atoms with Crippen LogP contribution < -0.4 is 9.62 Å². The van der Waals surface area contributed by atoms with Crippen molar-refractivity contribution in [3.8, 4) is 0 Å². The predicted octanol–water partition coefficient (Wildman–Crippen LogP) is 2.35. The zero-order valence-electron chi connectivity index (χ0n) is 11.1. The first-order valence-electron chi connectivity index (χ1n) is 6.47. The molecule has 21 heavy (non-hydrogen) atoms. The maximum Gasteiger partial charge on any atom is 0.250 e. The van der Waals surface area contributed by atoms with Gasteiger partial charge in [-0.15, -0.1) is 11.3 Å². The van der Waals surface area contributed by atoms with Gasteiger partial charge in [0.25, 0.3) is 0 Å². The summed E-state index contributed by atoms with van der Waals surface area (Å²) in [7, 11) is -3.43. The van der Waals surface area contributed by atoms with Crippen molar-refractivity contribution in [3.63, 3.8) is 0 Å². The minimum atomic E-state index is -3.43. The molecule has 3 heterocycles. The molecule has 1 atom stereocenters. The third-order valence-corrected chi connectivity index (χ3v) is 6.52. The molecule has 0 bridgehead atoms. The summed E-state index contributed by atoms with van der Waals surface area (Å²) in [5.74, 6) is 0.706. The molecule has 2 aromatic heterocycles. The number of nitrogens with zero attached hydrogens (tertiary/aromatic N) is 2. The number of hydrogen-bond acceptors (Lipinski definition) is 5. The van der Waals surface area contributed by atoms with Gasteiger partial charge in [-0.05, 0) is 30.0 Å². The van der Waals surface area contributed by atoms with Crippen LogP contribution in [-0.2, 0) is 10.0 Å². The molecule has 0 aliphatic carbocycles. The van der Waals surface area contributed by atoms with E-state index < -0.39 is 10.0 Å². The van der Waals surface area contributed by atoms with Crippen molar-refractivity contribution in [2.24, 2.45) is 0 Å². The SMILES string of the molecule is O=S(=O)(N[C@@H]1CCN(c2ncccc2Cl)C1)c1cccs1. The van der Waals surface area contributed by atoms with Crippen LogP contribution in [0.1, 0.15) is 6.42 Å². The Balaban J connectivity index is 1.70. The van der Waals surface area contributed by atoms with Crippen LogP contribution in [0, 0.1) is 0 Å². The molecule has 1 aliphatic rings. The standard InChI is InChI=1S/C13H14ClN3O2S2/c14-11-3-1-6-15-13(11)17-7-5-10(9-17)16-21(18,19)12-4-2-8-20-12/h1-4,6,8,10,16H,5,7,9H2/t10-/m1/s1. The van der Waals surface area contributed by atoms with Crippen molar-refractivity contribution in [2.45, 2.75) is 16.7 Å². The molecule has 0 unspecified atom stereocenters. The Kier molecular flexibility index (Phi) is 4.17. The summed E-state index contributed by atoms with van der Waals surface area (Å²) < 4.78 is 27.5. The third kappa shape index (κ3) is 3.21. The van der Waals surface area contributed by atoms with Crippen LogP contribution in [0.3, 0.4) is 0 Å². The number of thiophene rings is 1. The molecular weight excluding hydrogens is 330 g/mol. The topological polar surface area (TPSA) is 62.3 Å². The quantitative estimate of drug-likeness (QED) is 0.925. The minimum absolute atomic E-state index is 0.129. The molecule has 0 amide bonds. The van der Waals surface area contributed by atoms with Crippen molar-refractivity contribution in [2.75, 3.05) is 18.0 Å². The molecule has 8 heteroatoms. The first-order valence-corrected chi connectivity index (χ1v) is 9.21. The van der Waals surface area contributed by atoms with Gasteiger partial charge in [0.1, 0.15) is 10.0 Å². The number of aromatic nitrogens is 1. The van der Waals surface area contributed by atoms with Gasteiger partial charge in [-0.2, -0.15) is 0 Å². The zero-order chi connectivity index (χ0) is 14.9. The summed E-state index contributed by atoms with van der Waals surface area (Å²) in [5, 5.41) is 2.34. The molecular formula is C13H14ClN3O2S2. The van der Waals surface area contributed by atoms with E-state index >= 15 is 0 Å². The number of hydrogen-bond donors (Lipinski definition) is 1. The highest BCUT2D eigenvalue weighted by Gasteiger charge is 2.29. The van der Waals surface area contributed by atoms with E-state index in [1.54, 1.807) is 35.8 Å². The maximum absolute atomic E-state index is 12.2. The molecule has 0 spiro atoms.